The minimum atomic E-state index is 0.0449. The van der Waals surface area contributed by atoms with Crippen molar-refractivity contribution in [2.24, 2.45) is 0 Å². The van der Waals surface area contributed by atoms with Gasteiger partial charge in [0.2, 0.25) is 5.91 Å². The second kappa shape index (κ2) is 7.12. The molecule has 2 aliphatic heterocycles. The van der Waals surface area contributed by atoms with E-state index in [1.165, 1.54) is 20.2 Å². The van der Waals surface area contributed by atoms with E-state index in [9.17, 15) is 4.79 Å². The lowest BCUT2D eigenvalue weighted by Gasteiger charge is -2.32. The highest BCUT2D eigenvalue weighted by molar-refractivity contribution is 8.01. The minimum absolute atomic E-state index is 0.0449. The van der Waals surface area contributed by atoms with Crippen molar-refractivity contribution < 1.29 is 4.79 Å². The minimum Gasteiger partial charge on any atom is -0.342 e. The number of nitrogens with zero attached hydrogens (tertiary/aromatic N) is 2. The van der Waals surface area contributed by atoms with Gasteiger partial charge in [-0.1, -0.05) is 29.8 Å². The van der Waals surface area contributed by atoms with Gasteiger partial charge in [-0.05, 0) is 49.1 Å². The molecule has 1 saturated heterocycles. The summed E-state index contributed by atoms with van der Waals surface area (Å²) in [5.41, 5.74) is 2.30. The Morgan fingerprint density at radius 3 is 2.78 bits per heavy atom. The quantitative estimate of drug-likeness (QED) is 0.565. The van der Waals surface area contributed by atoms with Crippen LogP contribution in [0.15, 0.2) is 47.4 Å². The second-order valence-electron chi connectivity index (χ2n) is 7.18. The number of amides is 1. The number of carbonyl (C=O) groups excluding carboxylic acids is 1. The van der Waals surface area contributed by atoms with Gasteiger partial charge in [0.15, 0.2) is 0 Å². The normalized spacial score (nSPS) is 20.2. The zero-order valence-corrected chi connectivity index (χ0v) is 17.1. The lowest BCUT2D eigenvalue weighted by molar-refractivity contribution is -0.131. The van der Waals surface area contributed by atoms with E-state index >= 15 is 0 Å². The number of likely N-dealkylation sites (tertiary alicyclic amines) is 1. The van der Waals surface area contributed by atoms with Crippen LogP contribution in [-0.4, -0.2) is 34.1 Å². The van der Waals surface area contributed by atoms with Crippen LogP contribution in [-0.2, 0) is 11.2 Å². The first-order chi connectivity index (χ1) is 13.2. The molecule has 27 heavy (non-hydrogen) atoms. The molecule has 3 nitrogen and oxygen atoms in total. The third kappa shape index (κ3) is 3.37. The van der Waals surface area contributed by atoms with Crippen LogP contribution in [0.5, 0.6) is 0 Å². The van der Waals surface area contributed by atoms with E-state index in [-0.39, 0.29) is 5.25 Å². The molecule has 5 rings (SSSR count). The number of thioether (sulfide) groups is 1. The van der Waals surface area contributed by atoms with Gasteiger partial charge in [-0.2, -0.15) is 0 Å². The van der Waals surface area contributed by atoms with Gasteiger partial charge in [-0.15, -0.1) is 23.1 Å². The number of piperidine rings is 1. The lowest BCUT2D eigenvalue weighted by Crippen LogP contribution is -2.42. The standard InChI is InChI=1S/C21H19ClN2OS2/c22-15-5-6-18-16(12-15)23-20(27-18)13-7-9-24(10-8-13)21(25)19-11-14-3-1-2-4-17(14)26-19/h1-6,12-13,19H,7-11H2. The Bertz CT molecular complexity index is 985. The molecule has 0 N–H and O–H groups in total. The fourth-order valence-electron chi connectivity index (χ4n) is 3.96. The zero-order valence-electron chi connectivity index (χ0n) is 14.7. The summed E-state index contributed by atoms with van der Waals surface area (Å²) in [7, 11) is 0. The summed E-state index contributed by atoms with van der Waals surface area (Å²) >= 11 is 9.57. The Labute approximate surface area is 171 Å². The fraction of sp³-hybridized carbons (Fsp3) is 0.333. The number of hydrogen-bond acceptors (Lipinski definition) is 4. The van der Waals surface area contributed by atoms with E-state index < -0.39 is 0 Å². The molecule has 0 bridgehead atoms. The molecule has 0 spiro atoms. The number of fused-ring (bicyclic) bond motifs is 2. The van der Waals surface area contributed by atoms with Crippen molar-refractivity contribution in [2.45, 2.75) is 35.3 Å². The van der Waals surface area contributed by atoms with Gasteiger partial charge in [-0.25, -0.2) is 4.98 Å². The number of thiazole rings is 1. The van der Waals surface area contributed by atoms with Crippen LogP contribution < -0.4 is 0 Å². The maximum atomic E-state index is 13.0. The zero-order chi connectivity index (χ0) is 18.4. The molecule has 3 heterocycles. The Morgan fingerprint density at radius 1 is 1.15 bits per heavy atom. The van der Waals surface area contributed by atoms with Crippen molar-refractivity contribution in [3.63, 3.8) is 0 Å². The molecule has 2 aliphatic rings. The molecule has 0 saturated carbocycles. The van der Waals surface area contributed by atoms with E-state index in [0.717, 1.165) is 42.9 Å². The summed E-state index contributed by atoms with van der Waals surface area (Å²) < 4.78 is 1.19. The molecule has 6 heteroatoms. The predicted molar refractivity (Wildman–Crippen MR) is 113 cm³/mol. The van der Waals surface area contributed by atoms with Gasteiger partial charge in [-0.3, -0.25) is 4.79 Å². The molecule has 1 aromatic heterocycles. The highest BCUT2D eigenvalue weighted by Gasteiger charge is 2.33. The Morgan fingerprint density at radius 2 is 1.96 bits per heavy atom. The Hall–Kier alpha value is -1.56. The third-order valence-corrected chi connectivity index (χ3v) is 8.18. The molecule has 2 aromatic carbocycles. The maximum absolute atomic E-state index is 13.0. The molecule has 138 valence electrons. The van der Waals surface area contributed by atoms with Crippen molar-refractivity contribution in [2.75, 3.05) is 13.1 Å². The first-order valence-electron chi connectivity index (χ1n) is 9.27. The number of benzene rings is 2. The molecule has 1 atom stereocenters. The van der Waals surface area contributed by atoms with Crippen molar-refractivity contribution in [1.82, 2.24) is 9.88 Å². The number of aromatic nitrogens is 1. The molecule has 1 fully saturated rings. The smallest absolute Gasteiger partial charge is 0.236 e. The van der Waals surface area contributed by atoms with Crippen LogP contribution in [0.4, 0.5) is 0 Å². The molecule has 3 aromatic rings. The lowest BCUT2D eigenvalue weighted by atomic mass is 9.97. The molecule has 0 radical (unpaired) electrons. The summed E-state index contributed by atoms with van der Waals surface area (Å²) in [5, 5.41) is 1.96. The first-order valence-corrected chi connectivity index (χ1v) is 11.3. The fourth-order valence-corrected chi connectivity index (χ4v) is 6.53. The number of halogens is 1. The average Bonchev–Trinajstić information content (AvgIpc) is 3.31. The van der Waals surface area contributed by atoms with E-state index in [0.29, 0.717) is 11.8 Å². The summed E-state index contributed by atoms with van der Waals surface area (Å²) in [5.74, 6) is 0.740. The van der Waals surface area contributed by atoms with E-state index in [1.54, 1.807) is 23.1 Å². The maximum Gasteiger partial charge on any atom is 0.236 e. The number of hydrogen-bond donors (Lipinski definition) is 0. The van der Waals surface area contributed by atoms with Crippen LogP contribution >= 0.6 is 34.7 Å². The first kappa shape index (κ1) is 17.5. The van der Waals surface area contributed by atoms with Gasteiger partial charge in [0.1, 0.15) is 0 Å². The Kier molecular flexibility index (Phi) is 4.62. The van der Waals surface area contributed by atoms with Crippen LogP contribution in [0.1, 0.15) is 29.3 Å². The van der Waals surface area contributed by atoms with Crippen LogP contribution in [0.25, 0.3) is 10.2 Å². The van der Waals surface area contributed by atoms with E-state index in [1.807, 2.05) is 18.2 Å². The van der Waals surface area contributed by atoms with Gasteiger partial charge >= 0.3 is 0 Å². The summed E-state index contributed by atoms with van der Waals surface area (Å²) in [6.07, 6.45) is 2.84. The monoisotopic (exact) mass is 414 g/mol. The highest BCUT2D eigenvalue weighted by atomic mass is 35.5. The molecular weight excluding hydrogens is 396 g/mol. The van der Waals surface area contributed by atoms with Crippen LogP contribution in [0, 0.1) is 0 Å². The predicted octanol–water partition coefficient (Wildman–Crippen LogP) is 5.37. The molecular formula is C21H19ClN2OS2. The van der Waals surface area contributed by atoms with Crippen LogP contribution in [0.2, 0.25) is 5.02 Å². The van der Waals surface area contributed by atoms with Crippen molar-refractivity contribution in [3.05, 3.63) is 58.1 Å². The molecule has 1 amide bonds. The second-order valence-corrected chi connectivity index (χ2v) is 9.93. The molecule has 0 aliphatic carbocycles. The van der Waals surface area contributed by atoms with Gasteiger partial charge in [0.05, 0.1) is 20.5 Å². The SMILES string of the molecule is O=C(C1Cc2ccccc2S1)N1CCC(c2nc3cc(Cl)ccc3s2)CC1. The highest BCUT2D eigenvalue weighted by Crippen LogP contribution is 2.39. The van der Waals surface area contributed by atoms with Gasteiger partial charge < -0.3 is 4.90 Å². The van der Waals surface area contributed by atoms with Crippen molar-refractivity contribution in [3.8, 4) is 0 Å². The topological polar surface area (TPSA) is 33.2 Å². The van der Waals surface area contributed by atoms with Crippen molar-refractivity contribution in [1.29, 1.82) is 0 Å². The van der Waals surface area contributed by atoms with Crippen LogP contribution in [0.3, 0.4) is 0 Å². The number of rotatable bonds is 2. The summed E-state index contributed by atoms with van der Waals surface area (Å²) in [6.45, 7) is 1.65. The van der Waals surface area contributed by atoms with Crippen molar-refractivity contribution >= 4 is 50.8 Å². The number of carbonyl (C=O) groups is 1. The largest absolute Gasteiger partial charge is 0.342 e. The molecule has 1 unspecified atom stereocenters. The Balaban J connectivity index is 1.24. The van der Waals surface area contributed by atoms with Gasteiger partial charge in [0, 0.05) is 28.9 Å². The summed E-state index contributed by atoms with van der Waals surface area (Å²) in [4.78, 5) is 21.1. The van der Waals surface area contributed by atoms with E-state index in [4.69, 9.17) is 16.6 Å². The summed E-state index contributed by atoms with van der Waals surface area (Å²) in [6, 6.07) is 14.3. The average molecular weight is 415 g/mol. The third-order valence-electron chi connectivity index (χ3n) is 5.44. The van der Waals surface area contributed by atoms with E-state index in [2.05, 4.69) is 29.2 Å². The van der Waals surface area contributed by atoms with Gasteiger partial charge in [0.25, 0.3) is 0 Å².